The molecule has 0 aromatic heterocycles. The molecule has 0 bridgehead atoms. The van der Waals surface area contributed by atoms with Crippen molar-refractivity contribution in [3.63, 3.8) is 0 Å². The quantitative estimate of drug-likeness (QED) is 0.405. The van der Waals surface area contributed by atoms with E-state index in [1.165, 1.54) is 11.4 Å². The molecule has 7 heteroatoms. The van der Waals surface area contributed by atoms with Crippen molar-refractivity contribution < 1.29 is 55.2 Å². The minimum atomic E-state index is -3.12. The number of rotatable bonds is 0. The molecule has 0 rings (SSSR count). The molecule has 0 aliphatic rings. The van der Waals surface area contributed by atoms with Crippen LogP contribution >= 0.6 is 0 Å². The maximum absolute atomic E-state index is 9.83. The smallest absolute Gasteiger partial charge is 1.00 e. The van der Waals surface area contributed by atoms with Crippen LogP contribution in [0, 0.1) is 0 Å². The van der Waals surface area contributed by atoms with Crippen LogP contribution in [0.15, 0.2) is 0 Å². The largest absolute Gasteiger partial charge is 1.00 e. The minimum Gasteiger partial charge on any atom is -1.00 e. The molecule has 0 fully saturated rings. The van der Waals surface area contributed by atoms with E-state index in [0.29, 0.717) is 0 Å². The van der Waals surface area contributed by atoms with E-state index in [1.54, 1.807) is 0 Å². The van der Waals surface area contributed by atoms with E-state index in [9.17, 15) is 3.74 Å². The third kappa shape index (κ3) is 332. The second kappa shape index (κ2) is 11.9. The number of hydrogen-bond acceptors (Lipinski definition) is 1. The van der Waals surface area contributed by atoms with Crippen LogP contribution in [-0.2, 0) is 3.74 Å². The average Bonchev–Trinajstić information content (AvgIpc) is 0.722. The molecule has 0 aliphatic heterocycles. The summed E-state index contributed by atoms with van der Waals surface area (Å²) in [5.74, 6) is 0. The van der Waals surface area contributed by atoms with E-state index in [0.717, 1.165) is 0 Å². The maximum atomic E-state index is 9.83. The molecule has 0 atom stereocenters. The Hall–Kier alpha value is 1.20. The van der Waals surface area contributed by atoms with E-state index in [-0.39, 0.29) is 47.4 Å². The summed E-state index contributed by atoms with van der Waals surface area (Å²) in [6.45, 7) is 0. The van der Waals surface area contributed by atoms with Crippen molar-refractivity contribution >= 4 is 13.8 Å². The van der Waals surface area contributed by atoms with Crippen LogP contribution in [0.1, 0.15) is 1.43 Å². The molecule has 0 aromatic rings. The van der Waals surface area contributed by atoms with Gasteiger partial charge >= 0.3 is 62.6 Å². The van der Waals surface area contributed by atoms with Gasteiger partial charge in [0.05, 0.1) is 0 Å². The summed E-state index contributed by atoms with van der Waals surface area (Å²) < 4.78 is 18.0. The molecule has 9 heavy (non-hydrogen) atoms. The van der Waals surface area contributed by atoms with Gasteiger partial charge in [-0.05, 0) is 0 Å². The van der Waals surface area contributed by atoms with E-state index in [4.69, 9.17) is 4.10 Å². The fourth-order valence-electron chi connectivity index (χ4n) is 0. The maximum Gasteiger partial charge on any atom is 1.00 e. The Morgan fingerprint density at radius 3 is 1.22 bits per heavy atom. The molecule has 0 saturated carbocycles. The Labute approximate surface area is 80.2 Å². The summed E-state index contributed by atoms with van der Waals surface area (Å²) in [5, 5.41) is 0. The molecular weight excluding hydrogens is 202 g/mol. The van der Waals surface area contributed by atoms with Crippen molar-refractivity contribution in [2.75, 3.05) is 0 Å². The molecular formula is C2H14AsNaO5. The summed E-state index contributed by atoms with van der Waals surface area (Å²) in [4.78, 5) is 0. The Morgan fingerprint density at radius 1 is 1.22 bits per heavy atom. The normalized spacial score (nSPS) is 6.56. The third-order valence-corrected chi connectivity index (χ3v) is 0. The monoisotopic (exact) mass is 216 g/mol. The summed E-state index contributed by atoms with van der Waals surface area (Å²) in [6, 6.07) is 0. The van der Waals surface area contributed by atoms with Crippen LogP contribution < -0.4 is 29.6 Å². The van der Waals surface area contributed by atoms with Gasteiger partial charge < -0.3 is 17.9 Å². The van der Waals surface area contributed by atoms with E-state index in [2.05, 4.69) is 0 Å². The zero-order chi connectivity index (χ0) is 4.50. The van der Waals surface area contributed by atoms with Crippen LogP contribution in [0.25, 0.3) is 0 Å². The molecule has 0 amide bonds. The van der Waals surface area contributed by atoms with Crippen molar-refractivity contribution in [2.45, 2.75) is 11.4 Å². The molecule has 0 aliphatic carbocycles. The summed E-state index contributed by atoms with van der Waals surface area (Å²) in [6.07, 6.45) is 0. The molecule has 0 saturated heterocycles. The van der Waals surface area contributed by atoms with Crippen LogP contribution in [0.5, 0.6) is 0 Å². The number of hydrogen-bond donors (Lipinski definition) is 1. The minimum absolute atomic E-state index is 0. The summed E-state index contributed by atoms with van der Waals surface area (Å²) in [5.41, 5.74) is 2.72. The van der Waals surface area contributed by atoms with E-state index < -0.39 is 13.8 Å². The predicted molar refractivity (Wildman–Crippen MR) is 32.3 cm³/mol. The Bertz CT molecular complexity index is 65.8. The van der Waals surface area contributed by atoms with Gasteiger partial charge in [0.15, 0.2) is 0 Å². The van der Waals surface area contributed by atoms with Crippen molar-refractivity contribution in [3.8, 4) is 0 Å². The van der Waals surface area contributed by atoms with E-state index in [1.807, 2.05) is 0 Å². The standard InChI is InChI=1S/C2H7AsO2.Na.3H2O.H/c1-3(2,4)5;;;;;/h1-2H3,(H,4,5);;3*1H2;/q;+1;;;;-1. The second-order valence-corrected chi connectivity index (χ2v) is 6.72. The molecule has 0 unspecified atom stereocenters. The third-order valence-electron chi connectivity index (χ3n) is 0. The van der Waals surface area contributed by atoms with Gasteiger partial charge in [-0.3, -0.25) is 0 Å². The Balaban J connectivity index is -0.00000000800. The molecule has 0 spiro atoms. The van der Waals surface area contributed by atoms with Gasteiger partial charge in [0.1, 0.15) is 0 Å². The topological polar surface area (TPSA) is 132 Å². The first-order chi connectivity index (χ1) is 2.00. The zero-order valence-electron chi connectivity index (χ0n) is 6.80. The predicted octanol–water partition coefficient (Wildman–Crippen LogP) is -5.25. The van der Waals surface area contributed by atoms with Gasteiger partial charge in [0, 0.05) is 0 Å². The van der Waals surface area contributed by atoms with Gasteiger partial charge in [-0.25, -0.2) is 0 Å². The average molecular weight is 216 g/mol. The van der Waals surface area contributed by atoms with Gasteiger partial charge in [0.2, 0.25) is 0 Å². The Morgan fingerprint density at radius 2 is 1.22 bits per heavy atom. The first-order valence-electron chi connectivity index (χ1n) is 1.28. The van der Waals surface area contributed by atoms with Crippen LogP contribution in [-0.4, -0.2) is 34.4 Å². The molecule has 7 N–H and O–H groups in total. The van der Waals surface area contributed by atoms with Gasteiger partial charge in [-0.2, -0.15) is 0 Å². The first kappa shape index (κ1) is 31.9. The fourth-order valence-corrected chi connectivity index (χ4v) is 0. The first-order valence-corrected chi connectivity index (χ1v) is 6.64. The van der Waals surface area contributed by atoms with E-state index >= 15 is 0 Å². The molecule has 0 aromatic carbocycles. The van der Waals surface area contributed by atoms with Gasteiger partial charge in [0.25, 0.3) is 0 Å². The molecule has 58 valence electrons. The van der Waals surface area contributed by atoms with Crippen molar-refractivity contribution in [3.05, 3.63) is 0 Å². The van der Waals surface area contributed by atoms with Crippen molar-refractivity contribution in [1.82, 2.24) is 0 Å². The van der Waals surface area contributed by atoms with Crippen LogP contribution in [0.3, 0.4) is 0 Å². The van der Waals surface area contributed by atoms with Gasteiger partial charge in [-0.15, -0.1) is 0 Å². The fraction of sp³-hybridized carbons (Fsp3) is 1.00. The Kier molecular flexibility index (Phi) is 42.3. The summed E-state index contributed by atoms with van der Waals surface area (Å²) in [7, 11) is 0. The van der Waals surface area contributed by atoms with Crippen molar-refractivity contribution in [2.24, 2.45) is 0 Å². The molecule has 0 radical (unpaired) electrons. The second-order valence-electron chi connectivity index (χ2n) is 1.29. The van der Waals surface area contributed by atoms with Crippen molar-refractivity contribution in [1.29, 1.82) is 0 Å². The van der Waals surface area contributed by atoms with Gasteiger partial charge in [-0.1, -0.05) is 0 Å². The molecule has 0 heterocycles. The zero-order valence-corrected chi connectivity index (χ0v) is 9.68. The van der Waals surface area contributed by atoms with Crippen LogP contribution in [0.2, 0.25) is 11.4 Å². The molecule has 5 nitrogen and oxygen atoms in total. The van der Waals surface area contributed by atoms with Crippen LogP contribution in [0.4, 0.5) is 0 Å². The SMILES string of the molecule is C[As](C)(=O)O.O.O.O.[H-].[Na+]. The summed E-state index contributed by atoms with van der Waals surface area (Å²) >= 11 is -3.12.